The van der Waals surface area contributed by atoms with Crippen LogP contribution >= 0.6 is 0 Å². The Morgan fingerprint density at radius 2 is 1.93 bits per heavy atom. The standard InChI is InChI=1S/C15H20/c1-12-7-6-10-15(11-12)13(2)14-8-4-3-5-9-14/h6-7,10-11,14H,2-5,8-9H2,1H3. The van der Waals surface area contributed by atoms with E-state index < -0.39 is 0 Å². The van der Waals surface area contributed by atoms with Crippen molar-refractivity contribution < 1.29 is 0 Å². The summed E-state index contributed by atoms with van der Waals surface area (Å²) in [6, 6.07) is 8.75. The van der Waals surface area contributed by atoms with Gasteiger partial charge in [0.2, 0.25) is 0 Å². The summed E-state index contributed by atoms with van der Waals surface area (Å²) >= 11 is 0. The van der Waals surface area contributed by atoms with Crippen molar-refractivity contribution in [1.82, 2.24) is 0 Å². The van der Waals surface area contributed by atoms with E-state index in [1.54, 1.807) is 0 Å². The van der Waals surface area contributed by atoms with Gasteiger partial charge in [0, 0.05) is 0 Å². The minimum atomic E-state index is 0.737. The van der Waals surface area contributed by atoms with Crippen LogP contribution in [0.15, 0.2) is 30.8 Å². The van der Waals surface area contributed by atoms with E-state index in [4.69, 9.17) is 0 Å². The van der Waals surface area contributed by atoms with E-state index in [1.807, 2.05) is 0 Å². The van der Waals surface area contributed by atoms with Crippen molar-refractivity contribution in [2.75, 3.05) is 0 Å². The Hall–Kier alpha value is -1.04. The van der Waals surface area contributed by atoms with Crippen LogP contribution in [0.5, 0.6) is 0 Å². The van der Waals surface area contributed by atoms with Crippen LogP contribution in [0.3, 0.4) is 0 Å². The number of allylic oxidation sites excluding steroid dienone is 1. The molecule has 80 valence electrons. The Labute approximate surface area is 93.0 Å². The Morgan fingerprint density at radius 3 is 2.60 bits per heavy atom. The van der Waals surface area contributed by atoms with E-state index in [0.717, 1.165) is 5.92 Å². The molecule has 1 aliphatic carbocycles. The molecule has 0 atom stereocenters. The highest BCUT2D eigenvalue weighted by atomic mass is 14.2. The first-order valence-electron chi connectivity index (χ1n) is 6.03. The predicted octanol–water partition coefficient (Wildman–Crippen LogP) is 4.59. The number of aryl methyl sites for hydroxylation is 1. The molecule has 1 aliphatic rings. The van der Waals surface area contributed by atoms with Crippen molar-refractivity contribution in [2.45, 2.75) is 39.0 Å². The summed E-state index contributed by atoms with van der Waals surface area (Å²) in [6.45, 7) is 6.44. The number of benzene rings is 1. The molecule has 0 radical (unpaired) electrons. The maximum atomic E-state index is 4.29. The van der Waals surface area contributed by atoms with E-state index in [-0.39, 0.29) is 0 Å². The Balaban J connectivity index is 2.12. The molecular formula is C15H20. The third-order valence-corrected chi connectivity index (χ3v) is 3.49. The first kappa shape index (κ1) is 10.5. The minimum Gasteiger partial charge on any atom is -0.0950 e. The monoisotopic (exact) mass is 200 g/mol. The summed E-state index contributed by atoms with van der Waals surface area (Å²) in [6.07, 6.45) is 6.86. The lowest BCUT2D eigenvalue weighted by atomic mass is 9.81. The van der Waals surface area contributed by atoms with Crippen LogP contribution in [0.25, 0.3) is 5.57 Å². The molecule has 1 saturated carbocycles. The SMILES string of the molecule is C=C(c1cccc(C)c1)C1CCCCC1. The second kappa shape index (κ2) is 4.65. The van der Waals surface area contributed by atoms with Crippen molar-refractivity contribution in [3.05, 3.63) is 42.0 Å². The Kier molecular flexibility index (Phi) is 3.25. The zero-order chi connectivity index (χ0) is 10.7. The zero-order valence-electron chi connectivity index (χ0n) is 9.63. The fourth-order valence-corrected chi connectivity index (χ4v) is 2.53. The van der Waals surface area contributed by atoms with Gasteiger partial charge in [0.05, 0.1) is 0 Å². The molecule has 0 aliphatic heterocycles. The summed E-state index contributed by atoms with van der Waals surface area (Å²) in [5.74, 6) is 0.737. The van der Waals surface area contributed by atoms with Crippen LogP contribution in [-0.2, 0) is 0 Å². The molecule has 0 aromatic heterocycles. The van der Waals surface area contributed by atoms with Crippen molar-refractivity contribution in [3.8, 4) is 0 Å². The van der Waals surface area contributed by atoms with E-state index in [0.29, 0.717) is 0 Å². The zero-order valence-corrected chi connectivity index (χ0v) is 9.63. The summed E-state index contributed by atoms with van der Waals surface area (Å²) in [7, 11) is 0. The molecule has 0 spiro atoms. The van der Waals surface area contributed by atoms with Crippen LogP contribution < -0.4 is 0 Å². The fourth-order valence-electron chi connectivity index (χ4n) is 2.53. The second-order valence-corrected chi connectivity index (χ2v) is 4.73. The summed E-state index contributed by atoms with van der Waals surface area (Å²) in [4.78, 5) is 0. The van der Waals surface area contributed by atoms with Gasteiger partial charge in [-0.3, -0.25) is 0 Å². The lowest BCUT2D eigenvalue weighted by Gasteiger charge is -2.24. The van der Waals surface area contributed by atoms with E-state index in [2.05, 4.69) is 37.8 Å². The van der Waals surface area contributed by atoms with Crippen LogP contribution in [-0.4, -0.2) is 0 Å². The molecular weight excluding hydrogens is 180 g/mol. The van der Waals surface area contributed by atoms with Gasteiger partial charge < -0.3 is 0 Å². The Bertz CT molecular complexity index is 343. The summed E-state index contributed by atoms with van der Waals surface area (Å²) in [5.41, 5.74) is 4.05. The fraction of sp³-hybridized carbons (Fsp3) is 0.467. The van der Waals surface area contributed by atoms with Crippen LogP contribution in [0.1, 0.15) is 43.2 Å². The number of rotatable bonds is 2. The lowest BCUT2D eigenvalue weighted by molar-refractivity contribution is 0.430. The van der Waals surface area contributed by atoms with Crippen molar-refractivity contribution in [2.24, 2.45) is 5.92 Å². The quantitative estimate of drug-likeness (QED) is 0.655. The highest BCUT2D eigenvalue weighted by Gasteiger charge is 2.17. The first-order chi connectivity index (χ1) is 7.27. The number of hydrogen-bond donors (Lipinski definition) is 0. The van der Waals surface area contributed by atoms with Gasteiger partial charge in [0.25, 0.3) is 0 Å². The molecule has 15 heavy (non-hydrogen) atoms. The first-order valence-corrected chi connectivity index (χ1v) is 6.03. The third-order valence-electron chi connectivity index (χ3n) is 3.49. The van der Waals surface area contributed by atoms with E-state index >= 15 is 0 Å². The summed E-state index contributed by atoms with van der Waals surface area (Å²) < 4.78 is 0. The maximum Gasteiger partial charge on any atom is -0.0162 e. The van der Waals surface area contributed by atoms with Crippen LogP contribution in [0.4, 0.5) is 0 Å². The molecule has 0 nitrogen and oxygen atoms in total. The highest BCUT2D eigenvalue weighted by Crippen LogP contribution is 2.34. The molecule has 1 fully saturated rings. The maximum absolute atomic E-state index is 4.29. The highest BCUT2D eigenvalue weighted by molar-refractivity contribution is 5.65. The molecule has 0 unspecified atom stereocenters. The van der Waals surface area contributed by atoms with Crippen LogP contribution in [0.2, 0.25) is 0 Å². The topological polar surface area (TPSA) is 0 Å². The van der Waals surface area contributed by atoms with Gasteiger partial charge in [-0.15, -0.1) is 0 Å². The molecule has 0 N–H and O–H groups in total. The van der Waals surface area contributed by atoms with Gasteiger partial charge in [-0.05, 0) is 36.8 Å². The van der Waals surface area contributed by atoms with E-state index in [1.165, 1.54) is 48.8 Å². The predicted molar refractivity (Wildman–Crippen MR) is 66.8 cm³/mol. The van der Waals surface area contributed by atoms with E-state index in [9.17, 15) is 0 Å². The van der Waals surface area contributed by atoms with Gasteiger partial charge >= 0.3 is 0 Å². The Morgan fingerprint density at radius 1 is 1.20 bits per heavy atom. The molecule has 0 heteroatoms. The van der Waals surface area contributed by atoms with Crippen molar-refractivity contribution >= 4 is 5.57 Å². The van der Waals surface area contributed by atoms with Crippen LogP contribution in [0, 0.1) is 12.8 Å². The lowest BCUT2D eigenvalue weighted by Crippen LogP contribution is -2.07. The third kappa shape index (κ3) is 2.50. The number of hydrogen-bond acceptors (Lipinski definition) is 0. The molecule has 0 amide bonds. The van der Waals surface area contributed by atoms with Gasteiger partial charge in [-0.2, -0.15) is 0 Å². The molecule has 0 bridgehead atoms. The molecule has 0 heterocycles. The largest absolute Gasteiger partial charge is 0.0950 e. The van der Waals surface area contributed by atoms with Crippen molar-refractivity contribution in [1.29, 1.82) is 0 Å². The van der Waals surface area contributed by atoms with Gasteiger partial charge in [0.15, 0.2) is 0 Å². The molecule has 1 aromatic rings. The second-order valence-electron chi connectivity index (χ2n) is 4.73. The average molecular weight is 200 g/mol. The summed E-state index contributed by atoms with van der Waals surface area (Å²) in [5, 5.41) is 0. The molecule has 1 aromatic carbocycles. The average Bonchev–Trinajstić information content (AvgIpc) is 2.29. The molecule has 0 saturated heterocycles. The van der Waals surface area contributed by atoms with Crippen molar-refractivity contribution in [3.63, 3.8) is 0 Å². The normalized spacial score (nSPS) is 17.7. The van der Waals surface area contributed by atoms with Gasteiger partial charge in [0.1, 0.15) is 0 Å². The van der Waals surface area contributed by atoms with Gasteiger partial charge in [-0.25, -0.2) is 0 Å². The minimum absolute atomic E-state index is 0.737. The van der Waals surface area contributed by atoms with Gasteiger partial charge in [-0.1, -0.05) is 55.7 Å². The molecule has 2 rings (SSSR count). The smallest absolute Gasteiger partial charge is 0.0162 e.